The van der Waals surface area contributed by atoms with Crippen molar-refractivity contribution in [1.82, 2.24) is 0 Å². The molecule has 0 fully saturated rings. The molecule has 0 bridgehead atoms. The number of rotatable bonds is 4. The molecule has 0 amide bonds. The summed E-state index contributed by atoms with van der Waals surface area (Å²) in [4.78, 5) is 25.1. The topological polar surface area (TPSA) is 66.8 Å². The highest BCUT2D eigenvalue weighted by Crippen LogP contribution is 2.28. The molecule has 2 rings (SSSR count). The first-order chi connectivity index (χ1) is 9.15. The first-order valence-electron chi connectivity index (χ1n) is 6.25. The Bertz CT molecular complexity index is 486. The molecule has 0 saturated heterocycles. The molecule has 0 aliphatic carbocycles. The van der Waals surface area contributed by atoms with Gasteiger partial charge in [-0.15, -0.1) is 0 Å². The monoisotopic (exact) mass is 263 g/mol. The van der Waals surface area contributed by atoms with Gasteiger partial charge >= 0.3 is 5.97 Å². The van der Waals surface area contributed by atoms with E-state index >= 15 is 0 Å². The van der Waals surface area contributed by atoms with Gasteiger partial charge in [0.25, 0.3) is 0 Å². The molecule has 1 aromatic rings. The smallest absolute Gasteiger partial charge is 0.328 e. The molecular formula is C14H17NO4. The van der Waals surface area contributed by atoms with Gasteiger partial charge in [-0.3, -0.25) is 4.79 Å². The number of nitrogens with zero attached hydrogens (tertiary/aromatic N) is 1. The van der Waals surface area contributed by atoms with Crippen molar-refractivity contribution in [2.24, 2.45) is 0 Å². The first kappa shape index (κ1) is 13.5. The maximum atomic E-state index is 12.0. The lowest BCUT2D eigenvalue weighted by Crippen LogP contribution is -2.45. The Morgan fingerprint density at radius 2 is 2.21 bits per heavy atom. The lowest BCUT2D eigenvalue weighted by molar-refractivity contribution is -0.139. The van der Waals surface area contributed by atoms with Gasteiger partial charge in [0.1, 0.15) is 0 Å². The molecule has 102 valence electrons. The molecule has 5 nitrogen and oxygen atoms in total. The van der Waals surface area contributed by atoms with Gasteiger partial charge in [0.05, 0.1) is 6.61 Å². The van der Waals surface area contributed by atoms with Gasteiger partial charge in [0.2, 0.25) is 0 Å². The van der Waals surface area contributed by atoms with Crippen LogP contribution in [0.3, 0.4) is 0 Å². The molecule has 0 radical (unpaired) electrons. The molecule has 1 aromatic carbocycles. The summed E-state index contributed by atoms with van der Waals surface area (Å²) in [6, 6.07) is 6.39. The van der Waals surface area contributed by atoms with Crippen molar-refractivity contribution in [2.75, 3.05) is 25.2 Å². The summed E-state index contributed by atoms with van der Waals surface area (Å²) in [5.74, 6) is -0.870. The van der Waals surface area contributed by atoms with Gasteiger partial charge in [-0.2, -0.15) is 0 Å². The van der Waals surface area contributed by atoms with Crippen LogP contribution in [0.2, 0.25) is 0 Å². The number of Topliss-reactive ketones (excluding diaryl/α,β-unsaturated/α-hetero) is 1. The number of hydrogen-bond acceptors (Lipinski definition) is 4. The highest BCUT2D eigenvalue weighted by molar-refractivity contribution is 6.02. The molecule has 1 unspecified atom stereocenters. The Labute approximate surface area is 111 Å². The van der Waals surface area contributed by atoms with E-state index < -0.39 is 12.0 Å². The summed E-state index contributed by atoms with van der Waals surface area (Å²) >= 11 is 0. The van der Waals surface area contributed by atoms with Crippen molar-refractivity contribution in [3.05, 3.63) is 29.8 Å². The van der Waals surface area contributed by atoms with E-state index in [1.54, 1.807) is 23.1 Å². The number of carboxylic acids is 1. The normalized spacial score (nSPS) is 16.7. The van der Waals surface area contributed by atoms with Crippen molar-refractivity contribution in [1.29, 1.82) is 0 Å². The predicted molar refractivity (Wildman–Crippen MR) is 70.7 cm³/mol. The first-order valence-corrected chi connectivity index (χ1v) is 6.25. The molecule has 19 heavy (non-hydrogen) atoms. The predicted octanol–water partition coefficient (Wildman–Crippen LogP) is 1.57. The second kappa shape index (κ2) is 5.84. The zero-order valence-electron chi connectivity index (χ0n) is 10.8. The molecule has 1 aliphatic rings. The van der Waals surface area contributed by atoms with Crippen molar-refractivity contribution in [2.45, 2.75) is 18.9 Å². The Kier molecular flexibility index (Phi) is 4.16. The number of para-hydroxylation sites is 1. The van der Waals surface area contributed by atoms with Gasteiger partial charge < -0.3 is 14.7 Å². The number of ketones is 1. The Hall–Kier alpha value is -1.88. The quantitative estimate of drug-likeness (QED) is 0.893. The van der Waals surface area contributed by atoms with E-state index in [0.717, 1.165) is 0 Å². The molecule has 1 heterocycles. The molecule has 5 heteroatoms. The highest BCUT2D eigenvalue weighted by atomic mass is 16.5. The minimum absolute atomic E-state index is 0.0691. The summed E-state index contributed by atoms with van der Waals surface area (Å²) in [5, 5.41) is 9.33. The number of carbonyl (C=O) groups excluding carboxylic acids is 1. The van der Waals surface area contributed by atoms with Crippen LogP contribution in [0.1, 0.15) is 23.2 Å². The van der Waals surface area contributed by atoms with Gasteiger partial charge in [0.15, 0.2) is 11.8 Å². The molecule has 1 N–H and O–H groups in total. The maximum Gasteiger partial charge on any atom is 0.328 e. The third-order valence-corrected chi connectivity index (χ3v) is 3.30. The van der Waals surface area contributed by atoms with Crippen LogP contribution >= 0.6 is 0 Å². The van der Waals surface area contributed by atoms with Crippen LogP contribution < -0.4 is 4.90 Å². The summed E-state index contributed by atoms with van der Waals surface area (Å²) in [6.45, 7) is 0.640. The van der Waals surface area contributed by atoms with E-state index in [-0.39, 0.29) is 12.4 Å². The lowest BCUT2D eigenvalue weighted by Gasteiger charge is -2.30. The number of benzene rings is 1. The molecule has 0 saturated carbocycles. The van der Waals surface area contributed by atoms with Crippen LogP contribution in [0.4, 0.5) is 5.69 Å². The van der Waals surface area contributed by atoms with Gasteiger partial charge in [-0.25, -0.2) is 4.79 Å². The fourth-order valence-corrected chi connectivity index (χ4v) is 2.40. The number of carbonyl (C=O) groups is 2. The SMILES string of the molecule is COCC(C(=O)O)N1CCCC(=O)c2ccccc21. The summed E-state index contributed by atoms with van der Waals surface area (Å²) in [5.41, 5.74) is 1.29. The average Bonchev–Trinajstić information content (AvgIpc) is 2.56. The van der Waals surface area contributed by atoms with Crippen molar-refractivity contribution >= 4 is 17.4 Å². The van der Waals surface area contributed by atoms with Crippen LogP contribution in [0.5, 0.6) is 0 Å². The number of ether oxygens (including phenoxy) is 1. The van der Waals surface area contributed by atoms with E-state index in [1.807, 2.05) is 6.07 Å². The van der Waals surface area contributed by atoms with Crippen LogP contribution in [0, 0.1) is 0 Å². The van der Waals surface area contributed by atoms with E-state index in [9.17, 15) is 14.7 Å². The van der Waals surface area contributed by atoms with Crippen molar-refractivity contribution in [3.8, 4) is 0 Å². The summed E-state index contributed by atoms with van der Waals surface area (Å²) < 4.78 is 4.99. The third kappa shape index (κ3) is 2.76. The molecule has 0 spiro atoms. The second-order valence-electron chi connectivity index (χ2n) is 4.55. The fraction of sp³-hybridized carbons (Fsp3) is 0.429. The van der Waals surface area contributed by atoms with Crippen LogP contribution in [0.25, 0.3) is 0 Å². The third-order valence-electron chi connectivity index (χ3n) is 3.30. The number of methoxy groups -OCH3 is 1. The van der Waals surface area contributed by atoms with Crippen molar-refractivity contribution < 1.29 is 19.4 Å². The maximum absolute atomic E-state index is 12.0. The van der Waals surface area contributed by atoms with Crippen molar-refractivity contribution in [3.63, 3.8) is 0 Å². The average molecular weight is 263 g/mol. The van der Waals surface area contributed by atoms with Gasteiger partial charge in [0, 0.05) is 31.3 Å². The van der Waals surface area contributed by atoms with E-state index in [1.165, 1.54) is 7.11 Å². The zero-order chi connectivity index (χ0) is 13.8. The molecule has 1 atom stereocenters. The number of carboxylic acid groups (broad SMARTS) is 1. The number of fused-ring (bicyclic) bond motifs is 1. The summed E-state index contributed by atoms with van der Waals surface area (Å²) in [7, 11) is 1.48. The largest absolute Gasteiger partial charge is 0.480 e. The standard InChI is InChI=1S/C14H17NO4/c1-19-9-12(14(17)18)15-8-4-7-13(16)10-5-2-3-6-11(10)15/h2-3,5-6,12H,4,7-9H2,1H3,(H,17,18). The van der Waals surface area contributed by atoms with Gasteiger partial charge in [-0.1, -0.05) is 12.1 Å². The van der Waals surface area contributed by atoms with Crippen LogP contribution in [-0.2, 0) is 9.53 Å². The Morgan fingerprint density at radius 3 is 2.89 bits per heavy atom. The van der Waals surface area contributed by atoms with E-state index in [4.69, 9.17) is 4.74 Å². The molecule has 1 aliphatic heterocycles. The van der Waals surface area contributed by atoms with E-state index in [2.05, 4.69) is 0 Å². The van der Waals surface area contributed by atoms with Crippen LogP contribution in [0.15, 0.2) is 24.3 Å². The van der Waals surface area contributed by atoms with E-state index in [0.29, 0.717) is 30.6 Å². The fourth-order valence-electron chi connectivity index (χ4n) is 2.40. The highest BCUT2D eigenvalue weighted by Gasteiger charge is 2.30. The van der Waals surface area contributed by atoms with Gasteiger partial charge in [-0.05, 0) is 18.6 Å². The molecular weight excluding hydrogens is 246 g/mol. The van der Waals surface area contributed by atoms with Crippen LogP contribution in [-0.4, -0.2) is 43.2 Å². The summed E-state index contributed by atoms with van der Waals surface area (Å²) in [6.07, 6.45) is 1.11. The second-order valence-corrected chi connectivity index (χ2v) is 4.55. The Balaban J connectivity index is 2.42. The molecule has 0 aromatic heterocycles. The minimum Gasteiger partial charge on any atom is -0.480 e. The lowest BCUT2D eigenvalue weighted by atomic mass is 10.1. The number of anilines is 1. The Morgan fingerprint density at radius 1 is 1.47 bits per heavy atom. The minimum atomic E-state index is -0.939. The number of hydrogen-bond donors (Lipinski definition) is 1. The number of aliphatic carboxylic acids is 1. The zero-order valence-corrected chi connectivity index (χ0v) is 10.8.